The molecule has 2 aromatic heterocycles. The summed E-state index contributed by atoms with van der Waals surface area (Å²) < 4.78 is 1.95. The van der Waals surface area contributed by atoms with Crippen LogP contribution in [0.5, 0.6) is 0 Å². The first-order valence-corrected chi connectivity index (χ1v) is 7.05. The van der Waals surface area contributed by atoms with Gasteiger partial charge >= 0.3 is 0 Å². The van der Waals surface area contributed by atoms with Gasteiger partial charge in [-0.3, -0.25) is 4.79 Å². The van der Waals surface area contributed by atoms with Crippen molar-refractivity contribution in [2.45, 2.75) is 19.9 Å². The van der Waals surface area contributed by atoms with Crippen LogP contribution >= 0.6 is 0 Å². The van der Waals surface area contributed by atoms with E-state index in [1.807, 2.05) is 29.0 Å². The second-order valence-electron chi connectivity index (χ2n) is 4.95. The Morgan fingerprint density at radius 3 is 2.90 bits per heavy atom. The maximum absolute atomic E-state index is 12.1. The smallest absolute Gasteiger partial charge is 0.245 e. The number of pyridine rings is 1. The van der Waals surface area contributed by atoms with E-state index in [1.165, 1.54) is 10.9 Å². The Morgan fingerprint density at radius 1 is 1.24 bits per heavy atom. The molecule has 4 nitrogen and oxygen atoms in total. The number of fused-ring (bicyclic) bond motifs is 1. The third-order valence-electron chi connectivity index (χ3n) is 3.49. The summed E-state index contributed by atoms with van der Waals surface area (Å²) in [7, 11) is 0. The summed E-state index contributed by atoms with van der Waals surface area (Å²) >= 11 is 0. The number of carbonyl (C=O) groups is 1. The number of rotatable bonds is 4. The number of aromatic nitrogens is 2. The quantitative estimate of drug-likeness (QED) is 0.797. The summed E-state index contributed by atoms with van der Waals surface area (Å²) in [4.78, 5) is 16.2. The Hall–Kier alpha value is -2.62. The number of hydrogen-bond acceptors (Lipinski definition) is 2. The fourth-order valence-electron chi connectivity index (χ4n) is 2.38. The van der Waals surface area contributed by atoms with Crippen molar-refractivity contribution in [1.29, 1.82) is 0 Å². The van der Waals surface area contributed by atoms with Crippen molar-refractivity contribution in [2.24, 2.45) is 0 Å². The average molecular weight is 279 g/mol. The molecule has 4 heteroatoms. The lowest BCUT2D eigenvalue weighted by Gasteiger charge is -2.07. The molecule has 1 aromatic carbocycles. The first-order valence-electron chi connectivity index (χ1n) is 7.05. The SMILES string of the molecule is CCc1ccc2c(ccn2CC(=O)Nc2ccccn2)c1. The minimum absolute atomic E-state index is 0.0780. The van der Waals surface area contributed by atoms with Crippen LogP contribution in [0.15, 0.2) is 54.9 Å². The highest BCUT2D eigenvalue weighted by atomic mass is 16.2. The molecule has 3 rings (SSSR count). The van der Waals surface area contributed by atoms with Gasteiger partial charge in [0, 0.05) is 17.9 Å². The van der Waals surface area contributed by atoms with Gasteiger partial charge in [-0.15, -0.1) is 0 Å². The summed E-state index contributed by atoms with van der Waals surface area (Å²) in [6.45, 7) is 2.42. The maximum Gasteiger partial charge on any atom is 0.245 e. The van der Waals surface area contributed by atoms with Crippen LogP contribution in [0.25, 0.3) is 10.9 Å². The highest BCUT2D eigenvalue weighted by molar-refractivity contribution is 5.91. The molecule has 0 aliphatic rings. The second kappa shape index (κ2) is 5.79. The van der Waals surface area contributed by atoms with Crippen LogP contribution in [0.2, 0.25) is 0 Å². The van der Waals surface area contributed by atoms with Gasteiger partial charge in [0.25, 0.3) is 0 Å². The standard InChI is InChI=1S/C17H17N3O/c1-2-13-6-7-15-14(11-13)8-10-20(15)12-17(21)19-16-5-3-4-9-18-16/h3-11H,2,12H2,1H3,(H,18,19,21). The van der Waals surface area contributed by atoms with Gasteiger partial charge in [0.1, 0.15) is 12.4 Å². The van der Waals surface area contributed by atoms with Crippen molar-refractivity contribution in [2.75, 3.05) is 5.32 Å². The lowest BCUT2D eigenvalue weighted by Crippen LogP contribution is -2.18. The molecule has 0 fully saturated rings. The monoisotopic (exact) mass is 279 g/mol. The zero-order chi connectivity index (χ0) is 14.7. The first-order chi connectivity index (χ1) is 10.3. The topological polar surface area (TPSA) is 46.9 Å². The minimum Gasteiger partial charge on any atom is -0.338 e. The Bertz CT molecular complexity index is 762. The third-order valence-corrected chi connectivity index (χ3v) is 3.49. The molecule has 0 aliphatic heterocycles. The molecule has 0 bridgehead atoms. The van der Waals surface area contributed by atoms with E-state index in [9.17, 15) is 4.79 Å². The van der Waals surface area contributed by atoms with Crippen LogP contribution in [0.4, 0.5) is 5.82 Å². The molecule has 0 saturated carbocycles. The third kappa shape index (κ3) is 2.94. The molecule has 0 radical (unpaired) electrons. The van der Waals surface area contributed by atoms with Crippen LogP contribution in [-0.4, -0.2) is 15.5 Å². The van der Waals surface area contributed by atoms with E-state index in [4.69, 9.17) is 0 Å². The molecule has 106 valence electrons. The van der Waals surface area contributed by atoms with Crippen molar-refractivity contribution in [3.05, 3.63) is 60.4 Å². The predicted molar refractivity (Wildman–Crippen MR) is 84.2 cm³/mol. The largest absolute Gasteiger partial charge is 0.338 e. The summed E-state index contributed by atoms with van der Waals surface area (Å²) in [5.74, 6) is 0.498. The van der Waals surface area contributed by atoms with Crippen molar-refractivity contribution >= 4 is 22.6 Å². The van der Waals surface area contributed by atoms with Gasteiger partial charge in [-0.2, -0.15) is 0 Å². The average Bonchev–Trinajstić information content (AvgIpc) is 2.90. The van der Waals surface area contributed by atoms with E-state index in [1.54, 1.807) is 12.3 Å². The number of amides is 1. The Kier molecular flexibility index (Phi) is 3.69. The van der Waals surface area contributed by atoms with Crippen LogP contribution in [-0.2, 0) is 17.8 Å². The number of nitrogens with one attached hydrogen (secondary N) is 1. The normalized spacial score (nSPS) is 10.7. The van der Waals surface area contributed by atoms with Crippen LogP contribution < -0.4 is 5.32 Å². The van der Waals surface area contributed by atoms with Crippen LogP contribution in [0.3, 0.4) is 0 Å². The molecule has 21 heavy (non-hydrogen) atoms. The molecule has 0 aliphatic carbocycles. The Morgan fingerprint density at radius 2 is 2.14 bits per heavy atom. The molecule has 2 heterocycles. The second-order valence-corrected chi connectivity index (χ2v) is 4.95. The molecule has 3 aromatic rings. The molecular formula is C17H17N3O. The van der Waals surface area contributed by atoms with E-state index in [2.05, 4.69) is 35.4 Å². The van der Waals surface area contributed by atoms with Crippen LogP contribution in [0.1, 0.15) is 12.5 Å². The van der Waals surface area contributed by atoms with Gasteiger partial charge in [-0.05, 0) is 47.7 Å². The lowest BCUT2D eigenvalue weighted by atomic mass is 10.1. The highest BCUT2D eigenvalue weighted by Gasteiger charge is 2.07. The molecule has 0 unspecified atom stereocenters. The fourth-order valence-corrected chi connectivity index (χ4v) is 2.38. The Labute approximate surface area is 123 Å². The lowest BCUT2D eigenvalue weighted by molar-refractivity contribution is -0.116. The number of benzene rings is 1. The molecular weight excluding hydrogens is 262 g/mol. The molecule has 0 saturated heterocycles. The van der Waals surface area contributed by atoms with Crippen molar-refractivity contribution in [3.8, 4) is 0 Å². The summed E-state index contributed by atoms with van der Waals surface area (Å²) in [6.07, 6.45) is 4.62. The minimum atomic E-state index is -0.0780. The van der Waals surface area contributed by atoms with Gasteiger partial charge in [0.2, 0.25) is 5.91 Å². The van der Waals surface area contributed by atoms with Gasteiger partial charge < -0.3 is 9.88 Å². The summed E-state index contributed by atoms with van der Waals surface area (Å²) in [6, 6.07) is 13.8. The Balaban J connectivity index is 1.77. The van der Waals surface area contributed by atoms with Gasteiger partial charge in [0.05, 0.1) is 0 Å². The molecule has 0 spiro atoms. The molecule has 1 amide bonds. The van der Waals surface area contributed by atoms with E-state index in [-0.39, 0.29) is 12.5 Å². The van der Waals surface area contributed by atoms with Gasteiger partial charge in [-0.25, -0.2) is 4.98 Å². The van der Waals surface area contributed by atoms with E-state index < -0.39 is 0 Å². The number of aryl methyl sites for hydroxylation is 1. The number of anilines is 1. The van der Waals surface area contributed by atoms with E-state index >= 15 is 0 Å². The van der Waals surface area contributed by atoms with E-state index in [0.29, 0.717) is 5.82 Å². The molecule has 0 atom stereocenters. The zero-order valence-electron chi connectivity index (χ0n) is 11.9. The fraction of sp³-hybridized carbons (Fsp3) is 0.176. The number of hydrogen-bond donors (Lipinski definition) is 1. The summed E-state index contributed by atoms with van der Waals surface area (Å²) in [5.41, 5.74) is 2.38. The first kappa shape index (κ1) is 13.4. The van der Waals surface area contributed by atoms with Crippen molar-refractivity contribution < 1.29 is 4.79 Å². The molecule has 1 N–H and O–H groups in total. The summed E-state index contributed by atoms with van der Waals surface area (Å²) in [5, 5.41) is 3.96. The predicted octanol–water partition coefficient (Wildman–Crippen LogP) is 3.24. The highest BCUT2D eigenvalue weighted by Crippen LogP contribution is 2.18. The maximum atomic E-state index is 12.1. The van der Waals surface area contributed by atoms with Gasteiger partial charge in [0.15, 0.2) is 0 Å². The van der Waals surface area contributed by atoms with E-state index in [0.717, 1.165) is 11.9 Å². The van der Waals surface area contributed by atoms with Crippen molar-refractivity contribution in [3.63, 3.8) is 0 Å². The van der Waals surface area contributed by atoms with Crippen molar-refractivity contribution in [1.82, 2.24) is 9.55 Å². The van der Waals surface area contributed by atoms with Crippen LogP contribution in [0, 0.1) is 0 Å². The number of carbonyl (C=O) groups excluding carboxylic acids is 1. The number of nitrogens with zero attached hydrogens (tertiary/aromatic N) is 2. The zero-order valence-corrected chi connectivity index (χ0v) is 11.9. The van der Waals surface area contributed by atoms with Gasteiger partial charge in [-0.1, -0.05) is 19.1 Å².